The van der Waals surface area contributed by atoms with Crippen LogP contribution in [-0.4, -0.2) is 34.5 Å². The fourth-order valence-corrected chi connectivity index (χ4v) is 4.78. The van der Waals surface area contributed by atoms with E-state index in [2.05, 4.69) is 15.5 Å². The Bertz CT molecular complexity index is 1710. The highest BCUT2D eigenvalue weighted by atomic mass is 32.2. The molecule has 9 heteroatoms. The van der Waals surface area contributed by atoms with E-state index < -0.39 is 0 Å². The molecule has 8 nitrogen and oxygen atoms in total. The first kappa shape index (κ1) is 26.7. The number of ether oxygens (including phenoxy) is 2. The molecule has 4 aromatic carbocycles. The van der Waals surface area contributed by atoms with Gasteiger partial charge in [-0.1, -0.05) is 72.4 Å². The molecule has 0 aliphatic heterocycles. The third-order valence-electron chi connectivity index (χ3n) is 5.92. The molecule has 0 saturated heterocycles. The van der Waals surface area contributed by atoms with Crippen molar-refractivity contribution in [3.05, 3.63) is 125 Å². The molecule has 0 spiro atoms. The Morgan fingerprint density at radius 3 is 2.45 bits per heavy atom. The monoisotopic (exact) mass is 550 g/mol. The van der Waals surface area contributed by atoms with Crippen molar-refractivity contribution in [2.75, 3.05) is 12.9 Å². The molecule has 1 aromatic heterocycles. The molecule has 0 saturated carbocycles. The van der Waals surface area contributed by atoms with Crippen LogP contribution in [0.1, 0.15) is 11.1 Å². The van der Waals surface area contributed by atoms with Crippen LogP contribution in [0, 0.1) is 0 Å². The van der Waals surface area contributed by atoms with Crippen molar-refractivity contribution < 1.29 is 14.3 Å². The van der Waals surface area contributed by atoms with Crippen LogP contribution in [0.4, 0.5) is 0 Å². The number of hydrogen-bond donors (Lipinski definition) is 1. The summed E-state index contributed by atoms with van der Waals surface area (Å²) in [5.41, 5.74) is 5.36. The normalized spacial score (nSPS) is 11.0. The average molecular weight is 551 g/mol. The number of amides is 1. The molecule has 1 amide bonds. The first-order chi connectivity index (χ1) is 19.6. The van der Waals surface area contributed by atoms with Crippen LogP contribution in [0.25, 0.3) is 16.6 Å². The molecule has 40 heavy (non-hydrogen) atoms. The number of carbonyl (C=O) groups is 1. The summed E-state index contributed by atoms with van der Waals surface area (Å²) in [6.07, 6.45) is 1.53. The number of hydrogen-bond acceptors (Lipinski definition) is 7. The van der Waals surface area contributed by atoms with Crippen LogP contribution in [0.15, 0.2) is 118 Å². The maximum Gasteiger partial charge on any atom is 0.266 e. The van der Waals surface area contributed by atoms with Crippen molar-refractivity contribution in [2.24, 2.45) is 5.10 Å². The Morgan fingerprint density at radius 2 is 1.68 bits per heavy atom. The SMILES string of the molecule is COc1ccc(/C=N/NC(=O)CSc2nc3ccccc3c(=O)n2-c2ccccc2)cc1OCc1ccccc1. The molecular weight excluding hydrogens is 524 g/mol. The van der Waals surface area contributed by atoms with Gasteiger partial charge < -0.3 is 9.47 Å². The summed E-state index contributed by atoms with van der Waals surface area (Å²) < 4.78 is 12.9. The van der Waals surface area contributed by atoms with Crippen molar-refractivity contribution >= 4 is 34.8 Å². The van der Waals surface area contributed by atoms with E-state index in [0.29, 0.717) is 39.9 Å². The van der Waals surface area contributed by atoms with Crippen molar-refractivity contribution in [1.29, 1.82) is 0 Å². The third kappa shape index (κ3) is 6.39. The van der Waals surface area contributed by atoms with Gasteiger partial charge in [0.05, 0.1) is 35.7 Å². The number of thioether (sulfide) groups is 1. The molecule has 0 radical (unpaired) electrons. The summed E-state index contributed by atoms with van der Waals surface area (Å²) in [5, 5.41) is 5.02. The highest BCUT2D eigenvalue weighted by Crippen LogP contribution is 2.28. The third-order valence-corrected chi connectivity index (χ3v) is 6.86. The van der Waals surface area contributed by atoms with Crippen LogP contribution in [-0.2, 0) is 11.4 Å². The molecule has 1 heterocycles. The fourth-order valence-electron chi connectivity index (χ4n) is 3.98. The van der Waals surface area contributed by atoms with Crippen LogP contribution in [0.5, 0.6) is 11.5 Å². The average Bonchev–Trinajstić information content (AvgIpc) is 3.00. The molecule has 5 aromatic rings. The van der Waals surface area contributed by atoms with Gasteiger partial charge in [0.25, 0.3) is 11.5 Å². The van der Waals surface area contributed by atoms with E-state index in [9.17, 15) is 9.59 Å². The minimum atomic E-state index is -0.336. The highest BCUT2D eigenvalue weighted by molar-refractivity contribution is 7.99. The predicted octanol–water partition coefficient (Wildman–Crippen LogP) is 5.22. The van der Waals surface area contributed by atoms with E-state index >= 15 is 0 Å². The van der Waals surface area contributed by atoms with E-state index in [1.54, 1.807) is 37.4 Å². The molecule has 0 aliphatic carbocycles. The van der Waals surface area contributed by atoms with Crippen LogP contribution in [0.2, 0.25) is 0 Å². The Hall–Kier alpha value is -4.89. The van der Waals surface area contributed by atoms with Crippen molar-refractivity contribution in [3.8, 4) is 17.2 Å². The maximum atomic E-state index is 13.3. The van der Waals surface area contributed by atoms with E-state index in [1.807, 2.05) is 72.8 Å². The topological polar surface area (TPSA) is 94.8 Å². The van der Waals surface area contributed by atoms with Crippen LogP contribution < -0.4 is 20.5 Å². The molecule has 200 valence electrons. The molecule has 5 rings (SSSR count). The van der Waals surface area contributed by atoms with Crippen LogP contribution in [0.3, 0.4) is 0 Å². The fraction of sp³-hybridized carbons (Fsp3) is 0.0968. The molecule has 0 atom stereocenters. The number of fused-ring (bicyclic) bond motifs is 1. The van der Waals surface area contributed by atoms with Crippen molar-refractivity contribution in [1.82, 2.24) is 15.0 Å². The van der Waals surface area contributed by atoms with Crippen molar-refractivity contribution in [2.45, 2.75) is 11.8 Å². The van der Waals surface area contributed by atoms with Gasteiger partial charge in [-0.05, 0) is 53.6 Å². The van der Waals surface area contributed by atoms with Gasteiger partial charge in [0, 0.05) is 0 Å². The van der Waals surface area contributed by atoms with Gasteiger partial charge in [0.15, 0.2) is 16.7 Å². The Balaban J connectivity index is 1.26. The quantitative estimate of drug-likeness (QED) is 0.111. The highest BCUT2D eigenvalue weighted by Gasteiger charge is 2.14. The second-order valence-electron chi connectivity index (χ2n) is 8.65. The number of nitrogens with zero attached hydrogens (tertiary/aromatic N) is 3. The summed E-state index contributed by atoms with van der Waals surface area (Å²) in [5.74, 6) is 0.847. The van der Waals surface area contributed by atoms with Crippen LogP contribution >= 0.6 is 11.8 Å². The van der Waals surface area contributed by atoms with Gasteiger partial charge in [-0.2, -0.15) is 5.10 Å². The zero-order valence-corrected chi connectivity index (χ0v) is 22.5. The smallest absolute Gasteiger partial charge is 0.266 e. The lowest BCUT2D eigenvalue weighted by atomic mass is 10.2. The molecular formula is C31H26N4O4S. The minimum Gasteiger partial charge on any atom is -0.493 e. The predicted molar refractivity (Wildman–Crippen MR) is 158 cm³/mol. The van der Waals surface area contributed by atoms with E-state index in [1.165, 1.54) is 22.5 Å². The Labute approximate surface area is 235 Å². The molecule has 0 unspecified atom stereocenters. The molecule has 0 bridgehead atoms. The van der Waals surface area contributed by atoms with Gasteiger partial charge in [-0.25, -0.2) is 10.4 Å². The van der Waals surface area contributed by atoms with E-state index in [-0.39, 0.29) is 17.2 Å². The summed E-state index contributed by atoms with van der Waals surface area (Å²) in [4.78, 5) is 30.6. The molecule has 0 fully saturated rings. The van der Waals surface area contributed by atoms with E-state index in [4.69, 9.17) is 9.47 Å². The summed E-state index contributed by atoms with van der Waals surface area (Å²) in [6.45, 7) is 0.391. The Morgan fingerprint density at radius 1 is 0.950 bits per heavy atom. The van der Waals surface area contributed by atoms with Gasteiger partial charge in [-0.3, -0.25) is 14.2 Å². The summed E-state index contributed by atoms with van der Waals surface area (Å²) >= 11 is 1.17. The number of methoxy groups -OCH3 is 1. The lowest BCUT2D eigenvalue weighted by Crippen LogP contribution is -2.24. The number of rotatable bonds is 10. The van der Waals surface area contributed by atoms with Gasteiger partial charge >= 0.3 is 0 Å². The lowest BCUT2D eigenvalue weighted by Gasteiger charge is -2.13. The minimum absolute atomic E-state index is 0.0169. The van der Waals surface area contributed by atoms with Crippen molar-refractivity contribution in [3.63, 3.8) is 0 Å². The largest absolute Gasteiger partial charge is 0.493 e. The number of nitrogens with one attached hydrogen (secondary N) is 1. The zero-order valence-electron chi connectivity index (χ0n) is 21.7. The second kappa shape index (κ2) is 12.8. The van der Waals surface area contributed by atoms with Gasteiger partial charge in [-0.15, -0.1) is 0 Å². The number of carbonyl (C=O) groups excluding carboxylic acids is 1. The van der Waals surface area contributed by atoms with E-state index in [0.717, 1.165) is 11.1 Å². The first-order valence-electron chi connectivity index (χ1n) is 12.5. The molecule has 1 N–H and O–H groups in total. The second-order valence-corrected chi connectivity index (χ2v) is 9.60. The number of para-hydroxylation sites is 2. The summed E-state index contributed by atoms with van der Waals surface area (Å²) in [7, 11) is 1.58. The van der Waals surface area contributed by atoms with Gasteiger partial charge in [0.2, 0.25) is 0 Å². The number of hydrazone groups is 1. The first-order valence-corrected chi connectivity index (χ1v) is 13.5. The summed E-state index contributed by atoms with van der Waals surface area (Å²) in [6, 6.07) is 31.6. The Kier molecular flexibility index (Phi) is 8.53. The van der Waals surface area contributed by atoms with Gasteiger partial charge in [0.1, 0.15) is 6.61 Å². The zero-order chi connectivity index (χ0) is 27.7. The molecule has 0 aliphatic rings. The number of benzene rings is 4. The lowest BCUT2D eigenvalue weighted by molar-refractivity contribution is -0.118. The number of aromatic nitrogens is 2. The standard InChI is InChI=1S/C31H26N4O4S/c1-38-27-17-16-23(18-28(27)39-20-22-10-4-2-5-11-22)19-32-34-29(36)21-40-31-33-26-15-9-8-14-25(26)30(37)35(31)24-12-6-3-7-13-24/h2-19H,20-21H2,1H3,(H,34,36)/b32-19+. The maximum absolute atomic E-state index is 13.3.